The number of aromatic nitrogens is 2. The fourth-order valence-electron chi connectivity index (χ4n) is 1.26. The Balaban J connectivity index is 2.48. The summed E-state index contributed by atoms with van der Waals surface area (Å²) >= 11 is 0. The van der Waals surface area contributed by atoms with E-state index in [2.05, 4.69) is 25.4 Å². The van der Waals surface area contributed by atoms with Crippen molar-refractivity contribution in [1.82, 2.24) is 10.3 Å². The average molecular weight is 208 g/mol. The molecule has 0 unspecified atom stereocenters. The molecule has 7 heteroatoms. The van der Waals surface area contributed by atoms with E-state index >= 15 is 0 Å². The van der Waals surface area contributed by atoms with Gasteiger partial charge in [-0.25, -0.2) is 4.63 Å². The molecule has 0 saturated heterocycles. The Morgan fingerprint density at radius 1 is 1.40 bits per heavy atom. The zero-order valence-electron chi connectivity index (χ0n) is 7.67. The third-order valence-corrected chi connectivity index (χ3v) is 1.92. The summed E-state index contributed by atoms with van der Waals surface area (Å²) in [7, 11) is 0. The number of nitrogens with one attached hydrogen (secondary N) is 1. The normalized spacial score (nSPS) is 10.5. The molecule has 0 saturated carbocycles. The monoisotopic (exact) mass is 208 g/mol. The van der Waals surface area contributed by atoms with Gasteiger partial charge in [0.05, 0.1) is 12.3 Å². The lowest BCUT2D eigenvalue weighted by Crippen LogP contribution is -2.05. The number of hydrogen-bond donors (Lipinski definition) is 2. The highest BCUT2D eigenvalue weighted by Crippen LogP contribution is 2.28. The number of benzene rings is 1. The summed E-state index contributed by atoms with van der Waals surface area (Å²) in [6, 6.07) is 3.15. The Kier molecular flexibility index (Phi) is 2.55. The second-order valence-electron chi connectivity index (χ2n) is 2.84. The van der Waals surface area contributed by atoms with Gasteiger partial charge in [-0.05, 0) is 27.6 Å². The van der Waals surface area contributed by atoms with Crippen molar-refractivity contribution in [2.24, 2.45) is 5.18 Å². The van der Waals surface area contributed by atoms with Gasteiger partial charge in [0.2, 0.25) is 0 Å². The summed E-state index contributed by atoms with van der Waals surface area (Å²) in [6.07, 6.45) is 0. The standard InChI is InChI=1S/C8H8N4O3/c13-4-3-9-5-1-2-6(10-14)8-7(5)11-15-12-8/h1-2,9,13H,3-4H2. The summed E-state index contributed by atoms with van der Waals surface area (Å²) in [6.45, 7) is 0.385. The molecule has 1 aromatic heterocycles. The van der Waals surface area contributed by atoms with Gasteiger partial charge in [-0.3, -0.25) is 0 Å². The molecule has 1 heterocycles. The highest BCUT2D eigenvalue weighted by molar-refractivity contribution is 5.94. The Morgan fingerprint density at radius 3 is 2.93 bits per heavy atom. The van der Waals surface area contributed by atoms with Crippen LogP contribution in [0.2, 0.25) is 0 Å². The van der Waals surface area contributed by atoms with Crippen molar-refractivity contribution in [3.63, 3.8) is 0 Å². The van der Waals surface area contributed by atoms with Gasteiger partial charge < -0.3 is 10.4 Å². The molecule has 0 bridgehead atoms. The lowest BCUT2D eigenvalue weighted by atomic mass is 10.2. The summed E-state index contributed by atoms with van der Waals surface area (Å²) in [4.78, 5) is 10.4. The molecule has 7 nitrogen and oxygen atoms in total. The van der Waals surface area contributed by atoms with Gasteiger partial charge in [-0.1, -0.05) is 0 Å². The first kappa shape index (κ1) is 9.53. The molecule has 0 aliphatic carbocycles. The summed E-state index contributed by atoms with van der Waals surface area (Å²) < 4.78 is 4.53. The average Bonchev–Trinajstić information content (AvgIpc) is 2.74. The van der Waals surface area contributed by atoms with Crippen molar-refractivity contribution in [2.75, 3.05) is 18.5 Å². The molecule has 0 aliphatic heterocycles. The lowest BCUT2D eigenvalue weighted by molar-refractivity contribution is 0.310. The van der Waals surface area contributed by atoms with Crippen LogP contribution in [0.25, 0.3) is 11.0 Å². The van der Waals surface area contributed by atoms with E-state index < -0.39 is 0 Å². The number of nitroso groups, excluding NO2 is 1. The molecule has 0 amide bonds. The van der Waals surface area contributed by atoms with E-state index in [0.29, 0.717) is 23.3 Å². The van der Waals surface area contributed by atoms with Crippen molar-refractivity contribution < 1.29 is 9.74 Å². The molecule has 2 aromatic rings. The number of fused-ring (bicyclic) bond motifs is 1. The molecule has 15 heavy (non-hydrogen) atoms. The first-order valence-electron chi connectivity index (χ1n) is 4.30. The number of aliphatic hydroxyl groups excluding tert-OH is 1. The molecule has 0 aliphatic rings. The molecule has 0 spiro atoms. The SMILES string of the molecule is O=Nc1ccc(NCCO)c2nonc12. The van der Waals surface area contributed by atoms with Crippen LogP contribution < -0.4 is 5.32 Å². The molecule has 0 radical (unpaired) electrons. The van der Waals surface area contributed by atoms with Crippen molar-refractivity contribution in [1.29, 1.82) is 0 Å². The topological polar surface area (TPSA) is 101 Å². The highest BCUT2D eigenvalue weighted by Gasteiger charge is 2.11. The first-order valence-corrected chi connectivity index (χ1v) is 4.30. The van der Waals surface area contributed by atoms with E-state index in [1.165, 1.54) is 6.07 Å². The Labute approximate surface area is 84.0 Å². The van der Waals surface area contributed by atoms with Gasteiger partial charge in [0.25, 0.3) is 0 Å². The van der Waals surface area contributed by atoms with Crippen molar-refractivity contribution in [3.05, 3.63) is 17.0 Å². The maximum atomic E-state index is 10.4. The second-order valence-corrected chi connectivity index (χ2v) is 2.84. The quantitative estimate of drug-likeness (QED) is 0.727. The van der Waals surface area contributed by atoms with E-state index in [9.17, 15) is 4.91 Å². The van der Waals surface area contributed by atoms with Crippen LogP contribution in [0.3, 0.4) is 0 Å². The molecule has 1 aromatic carbocycles. The summed E-state index contributed by atoms with van der Waals surface area (Å²) in [5, 5.41) is 21.6. The molecule has 2 rings (SSSR count). The third kappa shape index (κ3) is 1.64. The van der Waals surface area contributed by atoms with E-state index in [1.54, 1.807) is 6.07 Å². The smallest absolute Gasteiger partial charge is 0.166 e. The van der Waals surface area contributed by atoms with Crippen molar-refractivity contribution >= 4 is 22.4 Å². The first-order chi connectivity index (χ1) is 7.36. The number of aliphatic hydroxyl groups is 1. The number of hydrogen-bond acceptors (Lipinski definition) is 7. The Hall–Kier alpha value is -2.02. The predicted octanol–water partition coefficient (Wildman–Crippen LogP) is 1.02. The molecule has 2 N–H and O–H groups in total. The van der Waals surface area contributed by atoms with E-state index in [4.69, 9.17) is 5.11 Å². The Morgan fingerprint density at radius 2 is 2.20 bits per heavy atom. The summed E-state index contributed by atoms with van der Waals surface area (Å²) in [5.41, 5.74) is 1.57. The Bertz CT molecular complexity index is 482. The second kappa shape index (κ2) is 4.01. The van der Waals surface area contributed by atoms with E-state index in [-0.39, 0.29) is 12.3 Å². The highest BCUT2D eigenvalue weighted by atomic mass is 16.6. The zero-order valence-corrected chi connectivity index (χ0v) is 7.67. The number of rotatable bonds is 4. The van der Waals surface area contributed by atoms with Crippen LogP contribution in [0.15, 0.2) is 21.9 Å². The maximum absolute atomic E-state index is 10.4. The molecule has 0 fully saturated rings. The van der Waals surface area contributed by atoms with Gasteiger partial charge in [-0.2, -0.15) is 0 Å². The van der Waals surface area contributed by atoms with E-state index in [0.717, 1.165) is 0 Å². The van der Waals surface area contributed by atoms with Gasteiger partial charge in [0.1, 0.15) is 5.69 Å². The van der Waals surface area contributed by atoms with Gasteiger partial charge in [-0.15, -0.1) is 4.91 Å². The van der Waals surface area contributed by atoms with Gasteiger partial charge in [0.15, 0.2) is 11.0 Å². The largest absolute Gasteiger partial charge is 0.395 e. The minimum atomic E-state index is 0.000452. The van der Waals surface area contributed by atoms with Crippen LogP contribution in [0, 0.1) is 4.91 Å². The molecule has 78 valence electrons. The zero-order chi connectivity index (χ0) is 10.7. The van der Waals surface area contributed by atoms with Gasteiger partial charge in [0, 0.05) is 6.54 Å². The van der Waals surface area contributed by atoms with E-state index in [1.807, 2.05) is 0 Å². The minimum Gasteiger partial charge on any atom is -0.395 e. The van der Waals surface area contributed by atoms with Crippen LogP contribution in [-0.2, 0) is 0 Å². The molecular formula is C8H8N4O3. The molecule has 0 atom stereocenters. The third-order valence-electron chi connectivity index (χ3n) is 1.92. The van der Waals surface area contributed by atoms with Crippen LogP contribution in [0.5, 0.6) is 0 Å². The van der Waals surface area contributed by atoms with Crippen LogP contribution >= 0.6 is 0 Å². The fourth-order valence-corrected chi connectivity index (χ4v) is 1.26. The molecular weight excluding hydrogens is 200 g/mol. The van der Waals surface area contributed by atoms with Crippen molar-refractivity contribution in [2.45, 2.75) is 0 Å². The van der Waals surface area contributed by atoms with Gasteiger partial charge >= 0.3 is 0 Å². The fraction of sp³-hybridized carbons (Fsp3) is 0.250. The predicted molar refractivity (Wildman–Crippen MR) is 52.8 cm³/mol. The van der Waals surface area contributed by atoms with Crippen LogP contribution in [0.4, 0.5) is 11.4 Å². The number of anilines is 1. The van der Waals surface area contributed by atoms with Crippen molar-refractivity contribution in [3.8, 4) is 0 Å². The van der Waals surface area contributed by atoms with Crippen LogP contribution in [-0.4, -0.2) is 28.6 Å². The number of nitrogens with zero attached hydrogens (tertiary/aromatic N) is 3. The lowest BCUT2D eigenvalue weighted by Gasteiger charge is -2.03. The minimum absolute atomic E-state index is 0.000452. The maximum Gasteiger partial charge on any atom is 0.166 e. The summed E-state index contributed by atoms with van der Waals surface area (Å²) in [5.74, 6) is 0. The van der Waals surface area contributed by atoms with Crippen LogP contribution in [0.1, 0.15) is 0 Å².